The SMILES string of the molecule is O=C(O)C1OC1c1ccccc1O. The lowest BCUT2D eigenvalue weighted by Gasteiger charge is -1.97. The molecule has 0 radical (unpaired) electrons. The molecule has 0 aromatic heterocycles. The number of epoxide rings is 1. The van der Waals surface area contributed by atoms with E-state index in [-0.39, 0.29) is 5.75 Å². The van der Waals surface area contributed by atoms with Crippen molar-refractivity contribution >= 4 is 5.97 Å². The summed E-state index contributed by atoms with van der Waals surface area (Å²) in [5.74, 6) is -0.912. The van der Waals surface area contributed by atoms with Gasteiger partial charge in [0.25, 0.3) is 0 Å². The third-order valence-corrected chi connectivity index (χ3v) is 1.98. The van der Waals surface area contributed by atoms with E-state index in [0.717, 1.165) is 0 Å². The molecule has 2 N–H and O–H groups in total. The summed E-state index contributed by atoms with van der Waals surface area (Å²) < 4.78 is 4.89. The number of carboxylic acids is 1. The van der Waals surface area contributed by atoms with Crippen LogP contribution in [0, 0.1) is 0 Å². The molecular formula is C9H8O4. The highest BCUT2D eigenvalue weighted by atomic mass is 16.6. The Kier molecular flexibility index (Phi) is 1.70. The van der Waals surface area contributed by atoms with Crippen molar-refractivity contribution in [2.75, 3.05) is 0 Å². The van der Waals surface area contributed by atoms with Gasteiger partial charge in [-0.25, -0.2) is 4.79 Å². The monoisotopic (exact) mass is 180 g/mol. The summed E-state index contributed by atoms with van der Waals surface area (Å²) >= 11 is 0. The highest BCUT2D eigenvalue weighted by molar-refractivity contribution is 5.76. The third-order valence-electron chi connectivity index (χ3n) is 1.98. The molecule has 4 heteroatoms. The summed E-state index contributed by atoms with van der Waals surface area (Å²) in [6.45, 7) is 0. The highest BCUT2D eigenvalue weighted by Gasteiger charge is 2.47. The third kappa shape index (κ3) is 1.36. The van der Waals surface area contributed by atoms with Gasteiger partial charge >= 0.3 is 5.97 Å². The molecule has 1 fully saturated rings. The molecule has 1 aliphatic rings. The van der Waals surface area contributed by atoms with Crippen molar-refractivity contribution in [2.45, 2.75) is 12.2 Å². The van der Waals surface area contributed by atoms with Gasteiger partial charge in [0.15, 0.2) is 6.10 Å². The van der Waals surface area contributed by atoms with Gasteiger partial charge in [0.2, 0.25) is 0 Å². The lowest BCUT2D eigenvalue weighted by atomic mass is 10.1. The maximum absolute atomic E-state index is 10.4. The molecular weight excluding hydrogens is 172 g/mol. The number of ether oxygens (including phenoxy) is 1. The lowest BCUT2D eigenvalue weighted by molar-refractivity contribution is -0.138. The highest BCUT2D eigenvalue weighted by Crippen LogP contribution is 2.42. The van der Waals surface area contributed by atoms with Crippen molar-refractivity contribution in [1.29, 1.82) is 0 Å². The predicted molar refractivity (Wildman–Crippen MR) is 43.4 cm³/mol. The number of rotatable bonds is 2. The van der Waals surface area contributed by atoms with E-state index in [1.54, 1.807) is 18.2 Å². The Bertz CT molecular complexity index is 347. The van der Waals surface area contributed by atoms with Crippen molar-refractivity contribution in [3.8, 4) is 5.75 Å². The fourth-order valence-electron chi connectivity index (χ4n) is 1.26. The minimum Gasteiger partial charge on any atom is -0.508 e. The predicted octanol–water partition coefficient (Wildman–Crippen LogP) is 0.917. The average Bonchev–Trinajstić information content (AvgIpc) is 2.84. The van der Waals surface area contributed by atoms with Gasteiger partial charge in [-0.15, -0.1) is 0 Å². The Morgan fingerprint density at radius 2 is 2.08 bits per heavy atom. The van der Waals surface area contributed by atoms with Gasteiger partial charge < -0.3 is 14.9 Å². The second kappa shape index (κ2) is 2.74. The van der Waals surface area contributed by atoms with Crippen molar-refractivity contribution in [1.82, 2.24) is 0 Å². The fourth-order valence-corrected chi connectivity index (χ4v) is 1.26. The molecule has 0 saturated carbocycles. The number of para-hydroxylation sites is 1. The number of benzene rings is 1. The van der Waals surface area contributed by atoms with Crippen LogP contribution in [0.25, 0.3) is 0 Å². The molecule has 13 heavy (non-hydrogen) atoms. The first-order valence-corrected chi connectivity index (χ1v) is 3.86. The maximum atomic E-state index is 10.4. The molecule has 1 aliphatic heterocycles. The summed E-state index contributed by atoms with van der Waals surface area (Å²) in [4.78, 5) is 10.4. The normalized spacial score (nSPS) is 25.5. The molecule has 1 aromatic rings. The van der Waals surface area contributed by atoms with Gasteiger partial charge in [-0.05, 0) is 6.07 Å². The molecule has 0 aliphatic carbocycles. The van der Waals surface area contributed by atoms with E-state index in [2.05, 4.69) is 0 Å². The second-order valence-corrected chi connectivity index (χ2v) is 2.87. The Hall–Kier alpha value is -1.55. The molecule has 2 atom stereocenters. The number of phenolic OH excluding ortho intramolecular Hbond substituents is 1. The molecule has 1 heterocycles. The van der Waals surface area contributed by atoms with Crippen LogP contribution in [-0.2, 0) is 9.53 Å². The zero-order valence-corrected chi connectivity index (χ0v) is 6.68. The summed E-state index contributed by atoms with van der Waals surface area (Å²) in [7, 11) is 0. The van der Waals surface area contributed by atoms with Crippen LogP contribution in [0.15, 0.2) is 24.3 Å². The first-order chi connectivity index (χ1) is 6.20. The molecule has 2 unspecified atom stereocenters. The van der Waals surface area contributed by atoms with E-state index in [4.69, 9.17) is 9.84 Å². The van der Waals surface area contributed by atoms with Crippen LogP contribution in [0.2, 0.25) is 0 Å². The molecule has 68 valence electrons. The Morgan fingerprint density at radius 3 is 2.62 bits per heavy atom. The zero-order chi connectivity index (χ0) is 9.42. The average molecular weight is 180 g/mol. The minimum atomic E-state index is -0.992. The Labute approximate surface area is 74.4 Å². The number of aliphatic carboxylic acids is 1. The lowest BCUT2D eigenvalue weighted by Crippen LogP contribution is -2.04. The number of carboxylic acid groups (broad SMARTS) is 1. The summed E-state index contributed by atoms with van der Waals surface area (Å²) in [5, 5.41) is 17.9. The smallest absolute Gasteiger partial charge is 0.335 e. The van der Waals surface area contributed by atoms with Gasteiger partial charge in [0.1, 0.15) is 11.9 Å². The van der Waals surface area contributed by atoms with Crippen molar-refractivity contribution < 1.29 is 19.7 Å². The summed E-state index contributed by atoms with van der Waals surface area (Å²) in [6.07, 6.45) is -1.29. The van der Waals surface area contributed by atoms with Crippen LogP contribution in [0.1, 0.15) is 11.7 Å². The Balaban J connectivity index is 2.21. The summed E-state index contributed by atoms with van der Waals surface area (Å²) in [5.41, 5.74) is 0.537. The van der Waals surface area contributed by atoms with Crippen LogP contribution >= 0.6 is 0 Å². The van der Waals surface area contributed by atoms with E-state index in [1.807, 2.05) is 0 Å². The molecule has 2 rings (SSSR count). The van der Waals surface area contributed by atoms with E-state index < -0.39 is 18.2 Å². The van der Waals surface area contributed by atoms with E-state index in [0.29, 0.717) is 5.56 Å². The number of carbonyl (C=O) groups is 1. The molecule has 0 amide bonds. The molecule has 0 spiro atoms. The second-order valence-electron chi connectivity index (χ2n) is 2.87. The summed E-state index contributed by atoms with van der Waals surface area (Å²) in [6, 6.07) is 6.57. The largest absolute Gasteiger partial charge is 0.508 e. The van der Waals surface area contributed by atoms with Crippen LogP contribution < -0.4 is 0 Å². The molecule has 4 nitrogen and oxygen atoms in total. The Morgan fingerprint density at radius 1 is 1.38 bits per heavy atom. The minimum absolute atomic E-state index is 0.0799. The maximum Gasteiger partial charge on any atom is 0.335 e. The van der Waals surface area contributed by atoms with Crippen molar-refractivity contribution in [3.63, 3.8) is 0 Å². The molecule has 1 aromatic carbocycles. The standard InChI is InChI=1S/C9H8O4/c10-6-4-2-1-3-5(6)7-8(13-7)9(11)12/h1-4,7-8,10H,(H,11,12). The first kappa shape index (κ1) is 8.07. The number of hydrogen-bond acceptors (Lipinski definition) is 3. The van der Waals surface area contributed by atoms with Crippen LogP contribution in [0.4, 0.5) is 0 Å². The quantitative estimate of drug-likeness (QED) is 0.664. The number of aromatic hydroxyl groups is 1. The number of hydrogen-bond donors (Lipinski definition) is 2. The zero-order valence-electron chi connectivity index (χ0n) is 6.68. The topological polar surface area (TPSA) is 70.1 Å². The van der Waals surface area contributed by atoms with Crippen LogP contribution in [-0.4, -0.2) is 22.3 Å². The molecule has 1 saturated heterocycles. The van der Waals surface area contributed by atoms with Gasteiger partial charge in [-0.2, -0.15) is 0 Å². The van der Waals surface area contributed by atoms with Crippen LogP contribution in [0.5, 0.6) is 5.75 Å². The van der Waals surface area contributed by atoms with Gasteiger partial charge in [-0.3, -0.25) is 0 Å². The van der Waals surface area contributed by atoms with Gasteiger partial charge in [0, 0.05) is 5.56 Å². The van der Waals surface area contributed by atoms with E-state index in [1.165, 1.54) is 6.07 Å². The van der Waals surface area contributed by atoms with E-state index >= 15 is 0 Å². The van der Waals surface area contributed by atoms with Gasteiger partial charge in [0.05, 0.1) is 0 Å². The van der Waals surface area contributed by atoms with E-state index in [9.17, 15) is 9.90 Å². The van der Waals surface area contributed by atoms with Crippen molar-refractivity contribution in [3.05, 3.63) is 29.8 Å². The fraction of sp³-hybridized carbons (Fsp3) is 0.222. The first-order valence-electron chi connectivity index (χ1n) is 3.86. The van der Waals surface area contributed by atoms with Gasteiger partial charge in [-0.1, -0.05) is 18.2 Å². The number of phenols is 1. The molecule has 0 bridgehead atoms. The van der Waals surface area contributed by atoms with Crippen molar-refractivity contribution in [2.24, 2.45) is 0 Å². The van der Waals surface area contributed by atoms with Crippen LogP contribution in [0.3, 0.4) is 0 Å².